The average molecular weight is 425 g/mol. The number of piperidine rings is 1. The molecule has 1 N–H and O–H groups in total. The molecule has 1 fully saturated rings. The number of halogens is 2. The summed E-state index contributed by atoms with van der Waals surface area (Å²) in [5.41, 5.74) is -1.07. The molecule has 0 atom stereocenters. The first-order valence-electron chi connectivity index (χ1n) is 9.13. The van der Waals surface area contributed by atoms with Gasteiger partial charge < -0.3 is 9.88 Å². The van der Waals surface area contributed by atoms with Crippen LogP contribution in [-0.4, -0.2) is 36.3 Å². The number of amides is 1. The van der Waals surface area contributed by atoms with Gasteiger partial charge in [0, 0.05) is 25.4 Å². The van der Waals surface area contributed by atoms with Crippen LogP contribution in [0.2, 0.25) is 0 Å². The maximum atomic E-state index is 13.7. The number of rotatable bonds is 5. The van der Waals surface area contributed by atoms with Crippen LogP contribution in [0.15, 0.2) is 46.2 Å². The molecular weight excluding hydrogens is 404 g/mol. The van der Waals surface area contributed by atoms with Crippen molar-refractivity contribution in [2.45, 2.75) is 31.2 Å². The molecule has 0 radical (unpaired) electrons. The lowest BCUT2D eigenvalue weighted by Gasteiger charge is -2.29. The highest BCUT2D eigenvalue weighted by Crippen LogP contribution is 2.22. The third-order valence-electron chi connectivity index (χ3n) is 4.86. The van der Waals surface area contributed by atoms with E-state index in [9.17, 15) is 26.8 Å². The summed E-state index contributed by atoms with van der Waals surface area (Å²) >= 11 is 0. The second-order valence-electron chi connectivity index (χ2n) is 7.06. The molecule has 1 saturated heterocycles. The largest absolute Gasteiger partial charge is 0.322 e. The zero-order valence-electron chi connectivity index (χ0n) is 15.8. The number of benzene rings is 1. The minimum absolute atomic E-state index is 0.240. The van der Waals surface area contributed by atoms with Crippen molar-refractivity contribution in [2.24, 2.45) is 5.92 Å². The molecule has 2 heterocycles. The van der Waals surface area contributed by atoms with E-state index in [0.717, 1.165) is 16.7 Å². The Kier molecular flexibility index (Phi) is 6.13. The lowest BCUT2D eigenvalue weighted by Crippen LogP contribution is -2.41. The minimum atomic E-state index is -3.98. The fourth-order valence-corrected chi connectivity index (χ4v) is 4.69. The summed E-state index contributed by atoms with van der Waals surface area (Å²) in [6, 6.07) is 5.24. The van der Waals surface area contributed by atoms with Crippen LogP contribution in [0.3, 0.4) is 0 Å². The molecule has 1 amide bonds. The first-order chi connectivity index (χ1) is 13.7. The number of pyridine rings is 1. The number of aromatic nitrogens is 1. The molecular formula is C19H21F2N3O4S. The molecule has 156 valence electrons. The van der Waals surface area contributed by atoms with Gasteiger partial charge in [0.05, 0.1) is 5.69 Å². The smallest absolute Gasteiger partial charge is 0.271 e. The summed E-state index contributed by atoms with van der Waals surface area (Å²) in [6.45, 7) is 2.20. The Bertz CT molecular complexity index is 1080. The van der Waals surface area contributed by atoms with E-state index in [4.69, 9.17) is 0 Å². The quantitative estimate of drug-likeness (QED) is 0.795. The maximum absolute atomic E-state index is 13.7. The topological polar surface area (TPSA) is 88.5 Å². The van der Waals surface area contributed by atoms with Gasteiger partial charge in [0.2, 0.25) is 15.9 Å². The number of nitrogens with one attached hydrogen (secondary N) is 1. The number of anilines is 1. The van der Waals surface area contributed by atoms with Crippen molar-refractivity contribution in [3.63, 3.8) is 0 Å². The zero-order valence-corrected chi connectivity index (χ0v) is 16.6. The number of hydrogen-bond donors (Lipinski definition) is 1. The maximum Gasteiger partial charge on any atom is 0.271 e. The van der Waals surface area contributed by atoms with Gasteiger partial charge in [-0.05, 0) is 43.0 Å². The van der Waals surface area contributed by atoms with Gasteiger partial charge in [-0.1, -0.05) is 6.92 Å². The van der Waals surface area contributed by atoms with Crippen molar-refractivity contribution < 1.29 is 22.0 Å². The number of nitrogens with zero attached hydrogens (tertiary/aromatic N) is 2. The number of carbonyl (C=O) groups excluding carboxylic acids is 1. The number of carbonyl (C=O) groups is 1. The van der Waals surface area contributed by atoms with Gasteiger partial charge in [-0.3, -0.25) is 9.59 Å². The van der Waals surface area contributed by atoms with Gasteiger partial charge >= 0.3 is 0 Å². The molecule has 1 aliphatic heterocycles. The highest BCUT2D eigenvalue weighted by Gasteiger charge is 2.30. The van der Waals surface area contributed by atoms with Gasteiger partial charge in [-0.15, -0.1) is 0 Å². The van der Waals surface area contributed by atoms with E-state index in [2.05, 4.69) is 5.32 Å². The van der Waals surface area contributed by atoms with Crippen LogP contribution in [0.4, 0.5) is 14.5 Å². The van der Waals surface area contributed by atoms with Crippen molar-refractivity contribution in [3.8, 4) is 0 Å². The molecule has 10 heteroatoms. The summed E-state index contributed by atoms with van der Waals surface area (Å²) in [6.07, 6.45) is 2.71. The third kappa shape index (κ3) is 4.70. The lowest BCUT2D eigenvalue weighted by molar-refractivity contribution is -0.116. The summed E-state index contributed by atoms with van der Waals surface area (Å²) in [5, 5.41) is 2.24. The number of sulfonamides is 1. The van der Waals surface area contributed by atoms with Crippen LogP contribution in [0.1, 0.15) is 19.8 Å². The summed E-state index contributed by atoms with van der Waals surface area (Å²) < 4.78 is 54.5. The van der Waals surface area contributed by atoms with Crippen molar-refractivity contribution in [1.29, 1.82) is 0 Å². The van der Waals surface area contributed by atoms with Crippen molar-refractivity contribution in [1.82, 2.24) is 8.87 Å². The highest BCUT2D eigenvalue weighted by atomic mass is 32.2. The second-order valence-corrected chi connectivity index (χ2v) is 8.97. The molecule has 2 aromatic rings. The Balaban J connectivity index is 1.79. The summed E-state index contributed by atoms with van der Waals surface area (Å²) in [5.74, 6) is -2.08. The molecule has 1 aromatic heterocycles. The SMILES string of the molecule is CC1CCN(S(=O)(=O)c2cccn(CC(=O)Nc3ccc(F)cc3F)c2=O)CC1. The van der Waals surface area contributed by atoms with E-state index >= 15 is 0 Å². The first-order valence-corrected chi connectivity index (χ1v) is 10.6. The van der Waals surface area contributed by atoms with Gasteiger partial charge in [0.15, 0.2) is 0 Å². The van der Waals surface area contributed by atoms with Gasteiger partial charge in [-0.2, -0.15) is 4.31 Å². The van der Waals surface area contributed by atoms with Crippen molar-refractivity contribution >= 4 is 21.6 Å². The lowest BCUT2D eigenvalue weighted by atomic mass is 10.0. The predicted octanol–water partition coefficient (Wildman–Crippen LogP) is 2.19. The van der Waals surface area contributed by atoms with Crippen LogP contribution >= 0.6 is 0 Å². The Morgan fingerprint density at radius 2 is 1.90 bits per heavy atom. The average Bonchev–Trinajstić information content (AvgIpc) is 2.66. The van der Waals surface area contributed by atoms with E-state index < -0.39 is 44.6 Å². The summed E-state index contributed by atoms with van der Waals surface area (Å²) in [4.78, 5) is 24.4. The Labute approximate surface area is 167 Å². The minimum Gasteiger partial charge on any atom is -0.322 e. The van der Waals surface area contributed by atoms with Crippen LogP contribution in [-0.2, 0) is 21.4 Å². The molecule has 0 spiro atoms. The molecule has 1 aromatic carbocycles. The van der Waals surface area contributed by atoms with E-state index in [0.29, 0.717) is 37.9 Å². The Morgan fingerprint density at radius 1 is 1.21 bits per heavy atom. The van der Waals surface area contributed by atoms with Gasteiger partial charge in [0.1, 0.15) is 23.1 Å². The van der Waals surface area contributed by atoms with Crippen LogP contribution in [0, 0.1) is 17.6 Å². The van der Waals surface area contributed by atoms with E-state index in [1.165, 1.54) is 22.6 Å². The highest BCUT2D eigenvalue weighted by molar-refractivity contribution is 7.89. The molecule has 1 aliphatic rings. The fraction of sp³-hybridized carbons (Fsp3) is 0.368. The fourth-order valence-electron chi connectivity index (χ4n) is 3.14. The molecule has 7 nitrogen and oxygen atoms in total. The Hall–Kier alpha value is -2.59. The molecule has 0 unspecified atom stereocenters. The van der Waals surface area contributed by atoms with Gasteiger partial charge in [-0.25, -0.2) is 17.2 Å². The van der Waals surface area contributed by atoms with Gasteiger partial charge in [0.25, 0.3) is 5.56 Å². The van der Waals surface area contributed by atoms with E-state index in [1.807, 2.05) is 6.92 Å². The molecule has 0 aliphatic carbocycles. The second kappa shape index (κ2) is 8.42. The first kappa shape index (κ1) is 21.1. The standard InChI is InChI=1S/C19H21F2N3O4S/c1-13-6-9-24(10-7-13)29(27,28)17-3-2-8-23(19(17)26)12-18(25)22-16-5-4-14(20)11-15(16)21/h2-5,8,11,13H,6-7,9-10,12H2,1H3,(H,22,25). The van der Waals surface area contributed by atoms with Crippen LogP contribution < -0.4 is 10.9 Å². The molecule has 0 saturated carbocycles. The van der Waals surface area contributed by atoms with Crippen LogP contribution in [0.5, 0.6) is 0 Å². The molecule has 3 rings (SSSR count). The van der Waals surface area contributed by atoms with Crippen molar-refractivity contribution in [3.05, 3.63) is 58.5 Å². The number of hydrogen-bond acceptors (Lipinski definition) is 4. The van der Waals surface area contributed by atoms with Crippen LogP contribution in [0.25, 0.3) is 0 Å². The molecule has 0 bridgehead atoms. The molecule has 29 heavy (non-hydrogen) atoms. The monoisotopic (exact) mass is 425 g/mol. The predicted molar refractivity (Wildman–Crippen MR) is 103 cm³/mol. The van der Waals surface area contributed by atoms with E-state index in [-0.39, 0.29) is 5.69 Å². The third-order valence-corrected chi connectivity index (χ3v) is 6.78. The van der Waals surface area contributed by atoms with E-state index in [1.54, 1.807) is 0 Å². The normalized spacial score (nSPS) is 16.0. The Morgan fingerprint density at radius 3 is 2.55 bits per heavy atom. The van der Waals surface area contributed by atoms with Crippen molar-refractivity contribution in [2.75, 3.05) is 18.4 Å². The summed E-state index contributed by atoms with van der Waals surface area (Å²) in [7, 11) is -3.98. The zero-order chi connectivity index (χ0) is 21.2.